The first-order valence-corrected chi connectivity index (χ1v) is 12.5. The van der Waals surface area contributed by atoms with Gasteiger partial charge in [0.1, 0.15) is 22.6 Å². The van der Waals surface area contributed by atoms with Crippen molar-refractivity contribution in [1.29, 1.82) is 5.26 Å². The van der Waals surface area contributed by atoms with Gasteiger partial charge >= 0.3 is 0 Å². The lowest BCUT2D eigenvalue weighted by Crippen LogP contribution is -2.04. The zero-order valence-electron chi connectivity index (χ0n) is 19.1. The highest BCUT2D eigenvalue weighted by Gasteiger charge is 2.18. The summed E-state index contributed by atoms with van der Waals surface area (Å²) in [6, 6.07) is 26.6. The number of ketones is 1. The predicted molar refractivity (Wildman–Crippen MR) is 142 cm³/mol. The molecule has 3 aromatic carbocycles. The Labute approximate surface area is 216 Å². The molecule has 0 fully saturated rings. The molecule has 0 aliphatic rings. The third-order valence-corrected chi connectivity index (χ3v) is 6.90. The van der Waals surface area contributed by atoms with E-state index < -0.39 is 0 Å². The van der Waals surface area contributed by atoms with Gasteiger partial charge in [-0.1, -0.05) is 52.0 Å². The number of halogens is 1. The van der Waals surface area contributed by atoms with Crippen LogP contribution in [-0.4, -0.2) is 30.7 Å². The maximum atomic E-state index is 12.8. The van der Waals surface area contributed by atoms with Crippen molar-refractivity contribution in [2.24, 2.45) is 0 Å². The molecule has 0 unspecified atom stereocenters. The topological polar surface area (TPSA) is 72.2 Å². The van der Waals surface area contributed by atoms with Crippen LogP contribution in [0.3, 0.4) is 0 Å². The quantitative estimate of drug-likeness (QED) is 0.175. The first kappa shape index (κ1) is 24.5. The van der Waals surface area contributed by atoms with E-state index in [-0.39, 0.29) is 11.5 Å². The highest BCUT2D eigenvalue weighted by Crippen LogP contribution is 2.35. The summed E-state index contributed by atoms with van der Waals surface area (Å²) < 4.78 is 11.5. The van der Waals surface area contributed by atoms with E-state index in [1.165, 1.54) is 11.8 Å². The number of ether oxygens (including phenoxy) is 2. The van der Waals surface area contributed by atoms with Gasteiger partial charge in [0.2, 0.25) is 0 Å². The van der Waals surface area contributed by atoms with Crippen LogP contribution in [0.15, 0.2) is 88.4 Å². The molecule has 0 aliphatic carbocycles. The van der Waals surface area contributed by atoms with Gasteiger partial charge in [0, 0.05) is 21.2 Å². The van der Waals surface area contributed by atoms with E-state index in [1.54, 1.807) is 26.4 Å². The second-order valence-electron chi connectivity index (χ2n) is 7.52. The van der Waals surface area contributed by atoms with Crippen molar-refractivity contribution < 1.29 is 14.3 Å². The standard InChI is InChI=1S/C28H21BrN2O3S/c1-33-22-11-5-18(6-12-22)24-15-26(19-7-13-23(34-2)14-8-19)31-28(25(24)16-30)35-17-27(32)20-3-9-21(29)10-4-20/h3-15H,17H2,1-2H3. The highest BCUT2D eigenvalue weighted by molar-refractivity contribution is 9.10. The highest BCUT2D eigenvalue weighted by atomic mass is 79.9. The monoisotopic (exact) mass is 544 g/mol. The molecule has 0 saturated heterocycles. The summed E-state index contributed by atoms with van der Waals surface area (Å²) in [5.41, 5.74) is 4.24. The SMILES string of the molecule is COc1ccc(-c2cc(-c3ccc(OC)cc3)c(C#N)c(SCC(=O)c3ccc(Br)cc3)n2)cc1. The average Bonchev–Trinajstić information content (AvgIpc) is 2.91. The third-order valence-electron chi connectivity index (χ3n) is 5.39. The fourth-order valence-corrected chi connectivity index (χ4v) is 4.66. The van der Waals surface area contributed by atoms with Crippen LogP contribution in [0.25, 0.3) is 22.4 Å². The van der Waals surface area contributed by atoms with Crippen molar-refractivity contribution in [3.63, 3.8) is 0 Å². The van der Waals surface area contributed by atoms with Crippen molar-refractivity contribution >= 4 is 33.5 Å². The number of hydrogen-bond acceptors (Lipinski definition) is 6. The normalized spacial score (nSPS) is 10.5. The zero-order chi connectivity index (χ0) is 24.8. The lowest BCUT2D eigenvalue weighted by atomic mass is 9.99. The number of rotatable bonds is 8. The summed E-state index contributed by atoms with van der Waals surface area (Å²) in [5, 5.41) is 10.6. The first-order chi connectivity index (χ1) is 17.0. The molecule has 1 aromatic heterocycles. The van der Waals surface area contributed by atoms with Gasteiger partial charge in [-0.3, -0.25) is 4.79 Å². The molecule has 5 nitrogen and oxygen atoms in total. The molecule has 0 amide bonds. The molecule has 0 spiro atoms. The summed E-state index contributed by atoms with van der Waals surface area (Å²) in [6.07, 6.45) is 0. The fraction of sp³-hybridized carbons (Fsp3) is 0.107. The molecule has 4 rings (SSSR count). The van der Waals surface area contributed by atoms with Crippen LogP contribution in [0, 0.1) is 11.3 Å². The number of methoxy groups -OCH3 is 2. The Kier molecular flexibility index (Phi) is 7.86. The van der Waals surface area contributed by atoms with Crippen molar-refractivity contribution in [1.82, 2.24) is 4.98 Å². The Morgan fingerprint density at radius 3 is 2.03 bits per heavy atom. The minimum atomic E-state index is -0.0333. The third kappa shape index (κ3) is 5.73. The molecule has 1 heterocycles. The van der Waals surface area contributed by atoms with Crippen molar-refractivity contribution in [2.45, 2.75) is 5.03 Å². The van der Waals surface area contributed by atoms with Crippen LogP contribution in [0.5, 0.6) is 11.5 Å². The van der Waals surface area contributed by atoms with Crippen LogP contribution in [0.1, 0.15) is 15.9 Å². The number of hydrogen-bond donors (Lipinski definition) is 0. The fourth-order valence-electron chi connectivity index (χ4n) is 3.50. The van der Waals surface area contributed by atoms with Gasteiger partial charge in [0.25, 0.3) is 0 Å². The lowest BCUT2D eigenvalue weighted by molar-refractivity contribution is 0.102. The maximum absolute atomic E-state index is 12.8. The Morgan fingerprint density at radius 1 is 0.914 bits per heavy atom. The van der Waals surface area contributed by atoms with Crippen LogP contribution >= 0.6 is 27.7 Å². The van der Waals surface area contributed by atoms with Crippen LogP contribution in [0.2, 0.25) is 0 Å². The molecular weight excluding hydrogens is 524 g/mol. The average molecular weight is 545 g/mol. The van der Waals surface area contributed by atoms with E-state index in [0.29, 0.717) is 21.8 Å². The molecular formula is C28H21BrN2O3S. The molecule has 4 aromatic rings. The molecule has 0 atom stereocenters. The summed E-state index contributed by atoms with van der Waals surface area (Å²) in [4.78, 5) is 17.6. The van der Waals surface area contributed by atoms with Crippen LogP contribution < -0.4 is 9.47 Å². The lowest BCUT2D eigenvalue weighted by Gasteiger charge is -2.13. The van der Waals surface area contributed by atoms with Crippen molar-refractivity contribution in [2.75, 3.05) is 20.0 Å². The Balaban J connectivity index is 1.75. The van der Waals surface area contributed by atoms with E-state index in [1.807, 2.05) is 66.7 Å². The largest absolute Gasteiger partial charge is 0.497 e. The van der Waals surface area contributed by atoms with Crippen LogP contribution in [0.4, 0.5) is 0 Å². The van der Waals surface area contributed by atoms with E-state index in [2.05, 4.69) is 22.0 Å². The van der Waals surface area contributed by atoms with Gasteiger partial charge in [0.15, 0.2) is 5.78 Å². The molecule has 0 N–H and O–H groups in total. The number of benzene rings is 3. The maximum Gasteiger partial charge on any atom is 0.173 e. The molecule has 0 bridgehead atoms. The zero-order valence-corrected chi connectivity index (χ0v) is 21.5. The van der Waals surface area contributed by atoms with Gasteiger partial charge in [-0.15, -0.1) is 0 Å². The van der Waals surface area contributed by atoms with Gasteiger partial charge in [-0.05, 0) is 60.2 Å². The van der Waals surface area contributed by atoms with Gasteiger partial charge < -0.3 is 9.47 Å². The predicted octanol–water partition coefficient (Wildman–Crippen LogP) is 7.04. The molecule has 0 aliphatic heterocycles. The molecule has 7 heteroatoms. The smallest absolute Gasteiger partial charge is 0.173 e. The second kappa shape index (κ2) is 11.2. The van der Waals surface area contributed by atoms with Gasteiger partial charge in [0.05, 0.1) is 31.2 Å². The van der Waals surface area contributed by atoms with Crippen molar-refractivity contribution in [3.8, 4) is 40.0 Å². The summed E-state index contributed by atoms with van der Waals surface area (Å²) in [6.45, 7) is 0. The first-order valence-electron chi connectivity index (χ1n) is 10.7. The van der Waals surface area contributed by atoms with E-state index in [9.17, 15) is 10.1 Å². The van der Waals surface area contributed by atoms with Gasteiger partial charge in [-0.2, -0.15) is 5.26 Å². The molecule has 174 valence electrons. The summed E-state index contributed by atoms with van der Waals surface area (Å²) >= 11 is 4.66. The van der Waals surface area contributed by atoms with E-state index >= 15 is 0 Å². The Hall–Kier alpha value is -3.60. The number of carbonyl (C=O) groups is 1. The van der Waals surface area contributed by atoms with Gasteiger partial charge in [-0.25, -0.2) is 4.98 Å². The number of aromatic nitrogens is 1. The van der Waals surface area contributed by atoms with Crippen LogP contribution in [-0.2, 0) is 0 Å². The number of thioether (sulfide) groups is 1. The minimum absolute atomic E-state index is 0.0333. The number of Topliss-reactive ketones (excluding diaryl/α,β-unsaturated/α-hetero) is 1. The number of nitriles is 1. The molecule has 35 heavy (non-hydrogen) atoms. The number of pyridine rings is 1. The molecule has 0 radical (unpaired) electrons. The number of carbonyl (C=O) groups excluding carboxylic acids is 1. The summed E-state index contributed by atoms with van der Waals surface area (Å²) in [5.74, 6) is 1.60. The number of nitrogens with zero attached hydrogens (tertiary/aromatic N) is 2. The Morgan fingerprint density at radius 2 is 1.49 bits per heavy atom. The second-order valence-corrected chi connectivity index (χ2v) is 9.40. The van der Waals surface area contributed by atoms with Crippen molar-refractivity contribution in [3.05, 3.63) is 94.5 Å². The molecule has 0 saturated carbocycles. The van der Waals surface area contributed by atoms with E-state index in [4.69, 9.17) is 14.5 Å². The minimum Gasteiger partial charge on any atom is -0.497 e. The Bertz CT molecular complexity index is 1380. The van der Waals surface area contributed by atoms with E-state index in [0.717, 1.165) is 32.7 Å². The summed E-state index contributed by atoms with van der Waals surface area (Å²) in [7, 11) is 3.23.